The average molecular weight is 456 g/mol. The molecule has 1 aromatic carbocycles. The molecule has 9 heteroatoms. The smallest absolute Gasteiger partial charge is 0.280 e. The first-order valence-electron chi connectivity index (χ1n) is 9.38. The molecule has 158 valence electrons. The van der Waals surface area contributed by atoms with Crippen LogP contribution in [0.3, 0.4) is 0 Å². The SMILES string of the molecule is CCn1nc(C(=O)N(CCCN(C)C)c2nc3c(C)ccc(Cl)c3s2)cc1C.Cl. The summed E-state index contributed by atoms with van der Waals surface area (Å²) in [5.74, 6) is -0.123. The number of aryl methyl sites for hydroxylation is 3. The summed E-state index contributed by atoms with van der Waals surface area (Å²) in [7, 11) is 4.05. The van der Waals surface area contributed by atoms with Crippen LogP contribution < -0.4 is 4.90 Å². The molecule has 0 aliphatic heterocycles. The van der Waals surface area contributed by atoms with Gasteiger partial charge in [-0.05, 0) is 65.5 Å². The number of nitrogens with zero attached hydrogens (tertiary/aromatic N) is 5. The third-order valence-electron chi connectivity index (χ3n) is 4.65. The number of anilines is 1. The van der Waals surface area contributed by atoms with Crippen LogP contribution in [0.25, 0.3) is 10.2 Å². The summed E-state index contributed by atoms with van der Waals surface area (Å²) in [5.41, 5.74) is 3.33. The molecule has 0 saturated carbocycles. The van der Waals surface area contributed by atoms with E-state index in [1.807, 2.05) is 57.7 Å². The number of aromatic nitrogens is 3. The minimum Gasteiger partial charge on any atom is -0.309 e. The number of carbonyl (C=O) groups excluding carboxylic acids is 1. The van der Waals surface area contributed by atoms with Gasteiger partial charge in [-0.2, -0.15) is 5.10 Å². The first kappa shape index (κ1) is 23.6. The molecular weight excluding hydrogens is 429 g/mol. The molecule has 0 radical (unpaired) electrons. The van der Waals surface area contributed by atoms with E-state index in [0.717, 1.165) is 41.0 Å². The van der Waals surface area contributed by atoms with Crippen molar-refractivity contribution in [2.75, 3.05) is 32.1 Å². The van der Waals surface area contributed by atoms with Gasteiger partial charge in [0.2, 0.25) is 0 Å². The minimum absolute atomic E-state index is 0. The first-order chi connectivity index (χ1) is 13.3. The molecule has 0 atom stereocenters. The van der Waals surface area contributed by atoms with E-state index in [9.17, 15) is 4.79 Å². The molecule has 0 spiro atoms. The molecule has 2 aromatic heterocycles. The van der Waals surface area contributed by atoms with E-state index in [1.165, 1.54) is 11.3 Å². The zero-order valence-corrected chi connectivity index (χ0v) is 19.8. The third-order valence-corrected chi connectivity index (χ3v) is 6.19. The Hall–Kier alpha value is -1.67. The summed E-state index contributed by atoms with van der Waals surface area (Å²) >= 11 is 7.84. The fraction of sp³-hybridized carbons (Fsp3) is 0.450. The predicted octanol–water partition coefficient (Wildman–Crippen LogP) is 4.80. The second-order valence-electron chi connectivity index (χ2n) is 7.14. The number of hydrogen-bond acceptors (Lipinski definition) is 5. The van der Waals surface area contributed by atoms with Gasteiger partial charge < -0.3 is 4.90 Å². The number of benzene rings is 1. The van der Waals surface area contributed by atoms with E-state index >= 15 is 0 Å². The Morgan fingerprint density at radius 3 is 2.55 bits per heavy atom. The molecule has 0 unspecified atom stereocenters. The maximum atomic E-state index is 13.3. The molecule has 29 heavy (non-hydrogen) atoms. The summed E-state index contributed by atoms with van der Waals surface area (Å²) in [6.45, 7) is 8.18. The van der Waals surface area contributed by atoms with Gasteiger partial charge in [0, 0.05) is 18.8 Å². The maximum Gasteiger partial charge on any atom is 0.280 e. The fourth-order valence-corrected chi connectivity index (χ4v) is 4.45. The van der Waals surface area contributed by atoms with E-state index in [4.69, 9.17) is 16.6 Å². The number of halogens is 2. The Morgan fingerprint density at radius 2 is 1.97 bits per heavy atom. The lowest BCUT2D eigenvalue weighted by molar-refractivity contribution is 0.0980. The highest BCUT2D eigenvalue weighted by Crippen LogP contribution is 2.36. The molecule has 3 aromatic rings. The Balaban J connectivity index is 0.00000300. The van der Waals surface area contributed by atoms with E-state index < -0.39 is 0 Å². The summed E-state index contributed by atoms with van der Waals surface area (Å²) in [5, 5.41) is 5.80. The van der Waals surface area contributed by atoms with E-state index in [2.05, 4.69) is 10.00 Å². The Bertz CT molecular complexity index is 959. The summed E-state index contributed by atoms with van der Waals surface area (Å²) in [6, 6.07) is 5.68. The largest absolute Gasteiger partial charge is 0.309 e. The number of thiazole rings is 1. The highest BCUT2D eigenvalue weighted by molar-refractivity contribution is 7.23. The number of hydrogen-bond donors (Lipinski definition) is 0. The van der Waals surface area contributed by atoms with Crippen LogP contribution in [0.2, 0.25) is 5.02 Å². The summed E-state index contributed by atoms with van der Waals surface area (Å²) in [4.78, 5) is 21.9. The van der Waals surface area contributed by atoms with Crippen LogP contribution in [0.15, 0.2) is 18.2 Å². The van der Waals surface area contributed by atoms with Gasteiger partial charge in [-0.25, -0.2) is 4.98 Å². The molecule has 0 saturated heterocycles. The molecule has 0 N–H and O–H groups in total. The fourth-order valence-electron chi connectivity index (χ4n) is 3.11. The van der Waals surface area contributed by atoms with Crippen LogP contribution in [0.4, 0.5) is 5.13 Å². The maximum absolute atomic E-state index is 13.3. The van der Waals surface area contributed by atoms with Crippen molar-refractivity contribution in [3.8, 4) is 0 Å². The van der Waals surface area contributed by atoms with Gasteiger partial charge in [-0.1, -0.05) is 29.0 Å². The van der Waals surface area contributed by atoms with Crippen molar-refractivity contribution in [1.82, 2.24) is 19.7 Å². The lowest BCUT2D eigenvalue weighted by Crippen LogP contribution is -2.33. The van der Waals surface area contributed by atoms with Crippen molar-refractivity contribution in [2.24, 2.45) is 0 Å². The van der Waals surface area contributed by atoms with Crippen molar-refractivity contribution in [3.05, 3.63) is 40.2 Å². The zero-order valence-electron chi connectivity index (χ0n) is 17.4. The summed E-state index contributed by atoms with van der Waals surface area (Å²) < 4.78 is 2.75. The third kappa shape index (κ3) is 5.09. The molecule has 3 rings (SSSR count). The molecule has 6 nitrogen and oxygen atoms in total. The number of rotatable bonds is 7. The number of carbonyl (C=O) groups is 1. The molecule has 0 bridgehead atoms. The number of fused-ring (bicyclic) bond motifs is 1. The van der Waals surface area contributed by atoms with Crippen LogP contribution >= 0.6 is 35.3 Å². The predicted molar refractivity (Wildman–Crippen MR) is 124 cm³/mol. The summed E-state index contributed by atoms with van der Waals surface area (Å²) in [6.07, 6.45) is 0.842. The highest BCUT2D eigenvalue weighted by Gasteiger charge is 2.24. The van der Waals surface area contributed by atoms with Crippen molar-refractivity contribution in [1.29, 1.82) is 0 Å². The van der Waals surface area contributed by atoms with Crippen molar-refractivity contribution < 1.29 is 4.79 Å². The van der Waals surface area contributed by atoms with Crippen molar-refractivity contribution in [2.45, 2.75) is 33.7 Å². The molecule has 0 aliphatic carbocycles. The molecule has 2 heterocycles. The number of amides is 1. The molecule has 0 fully saturated rings. The van der Waals surface area contributed by atoms with Crippen molar-refractivity contribution >= 4 is 56.6 Å². The van der Waals surface area contributed by atoms with E-state index in [0.29, 0.717) is 22.4 Å². The van der Waals surface area contributed by atoms with Gasteiger partial charge >= 0.3 is 0 Å². The lowest BCUT2D eigenvalue weighted by Gasteiger charge is -2.20. The normalized spacial score (nSPS) is 11.1. The van der Waals surface area contributed by atoms with Crippen LogP contribution in [0.5, 0.6) is 0 Å². The standard InChI is InChI=1S/C20H26ClN5OS.ClH/c1-6-26-14(3)12-16(23-26)19(27)25(11-7-10-24(4)5)20-22-17-13(2)8-9-15(21)18(17)28-20;/h8-9,12H,6-7,10-11H2,1-5H3;1H. The Labute approximate surface area is 186 Å². The van der Waals surface area contributed by atoms with Gasteiger partial charge in [-0.3, -0.25) is 14.4 Å². The Kier molecular flexibility index (Phi) is 8.05. The van der Waals surface area contributed by atoms with E-state index in [-0.39, 0.29) is 18.3 Å². The van der Waals surface area contributed by atoms with Gasteiger partial charge in [0.1, 0.15) is 0 Å². The van der Waals surface area contributed by atoms with Crippen molar-refractivity contribution in [3.63, 3.8) is 0 Å². The average Bonchev–Trinajstić information content (AvgIpc) is 3.26. The van der Waals surface area contributed by atoms with Crippen LogP contribution in [-0.2, 0) is 6.54 Å². The molecule has 0 aliphatic rings. The molecular formula is C20H27Cl2N5OS. The molecule has 1 amide bonds. The quantitative estimate of drug-likeness (QED) is 0.513. The van der Waals surface area contributed by atoms with Crippen LogP contribution in [0.1, 0.15) is 35.1 Å². The monoisotopic (exact) mass is 455 g/mol. The minimum atomic E-state index is -0.123. The topological polar surface area (TPSA) is 54.3 Å². The highest BCUT2D eigenvalue weighted by atomic mass is 35.5. The first-order valence-corrected chi connectivity index (χ1v) is 10.6. The van der Waals surface area contributed by atoms with Gasteiger partial charge in [0.05, 0.1) is 15.2 Å². The van der Waals surface area contributed by atoms with Crippen LogP contribution in [-0.4, -0.2) is 52.8 Å². The Morgan fingerprint density at radius 1 is 1.24 bits per heavy atom. The van der Waals surface area contributed by atoms with E-state index in [1.54, 1.807) is 4.90 Å². The zero-order chi connectivity index (χ0) is 20.4. The van der Waals surface area contributed by atoms with Gasteiger partial charge in [-0.15, -0.1) is 12.4 Å². The van der Waals surface area contributed by atoms with Crippen LogP contribution in [0, 0.1) is 13.8 Å². The second kappa shape index (κ2) is 9.89. The second-order valence-corrected chi connectivity index (χ2v) is 8.52. The lowest BCUT2D eigenvalue weighted by atomic mass is 10.2. The van der Waals surface area contributed by atoms with Gasteiger partial charge in [0.15, 0.2) is 10.8 Å². The van der Waals surface area contributed by atoms with Gasteiger partial charge in [0.25, 0.3) is 5.91 Å².